The van der Waals surface area contributed by atoms with Gasteiger partial charge in [-0.3, -0.25) is 4.79 Å². The van der Waals surface area contributed by atoms with Crippen LogP contribution in [0.15, 0.2) is 77.2 Å². The highest BCUT2D eigenvalue weighted by molar-refractivity contribution is 6.31. The van der Waals surface area contributed by atoms with E-state index in [2.05, 4.69) is 4.98 Å². The molecule has 0 unspecified atom stereocenters. The molecule has 0 bridgehead atoms. The van der Waals surface area contributed by atoms with Gasteiger partial charge in [-0.1, -0.05) is 48.5 Å². The zero-order chi connectivity index (χ0) is 20.2. The van der Waals surface area contributed by atoms with Crippen LogP contribution in [0.5, 0.6) is 11.5 Å². The third kappa shape index (κ3) is 3.75. The second kappa shape index (κ2) is 8.02. The summed E-state index contributed by atoms with van der Waals surface area (Å²) in [7, 11) is 3.15. The van der Waals surface area contributed by atoms with Crippen molar-refractivity contribution in [3.8, 4) is 11.5 Å². The molecule has 0 aliphatic carbocycles. The molecule has 0 saturated carbocycles. The number of fused-ring (bicyclic) bond motifs is 1. The molecular weight excluding hydrogens is 366 g/mol. The van der Waals surface area contributed by atoms with E-state index in [1.54, 1.807) is 44.6 Å². The van der Waals surface area contributed by atoms with Gasteiger partial charge in [0, 0.05) is 5.56 Å². The van der Waals surface area contributed by atoms with Crippen LogP contribution in [-0.4, -0.2) is 25.0 Å². The number of allylic oxidation sites excluding steroid dienone is 1. The number of Topliss-reactive ketones (excluding diaryl/α,β-unsaturated/α-hetero) is 1. The van der Waals surface area contributed by atoms with E-state index in [1.807, 2.05) is 48.5 Å². The normalized spacial score (nSPS) is 11.4. The Labute approximate surface area is 168 Å². The summed E-state index contributed by atoms with van der Waals surface area (Å²) in [6, 6.07) is 21.9. The Hall–Kier alpha value is -3.86. The Morgan fingerprint density at radius 2 is 1.62 bits per heavy atom. The van der Waals surface area contributed by atoms with E-state index < -0.39 is 0 Å². The highest BCUT2D eigenvalue weighted by Crippen LogP contribution is 2.31. The van der Waals surface area contributed by atoms with Crippen molar-refractivity contribution in [2.24, 2.45) is 0 Å². The average Bonchev–Trinajstić information content (AvgIpc) is 3.21. The third-order valence-corrected chi connectivity index (χ3v) is 4.52. The second-order valence-corrected chi connectivity index (χ2v) is 6.35. The van der Waals surface area contributed by atoms with Crippen LogP contribution in [0.3, 0.4) is 0 Å². The maximum Gasteiger partial charge on any atom is 0.231 e. The number of hydrogen-bond donors (Lipinski definition) is 0. The van der Waals surface area contributed by atoms with Gasteiger partial charge in [0.05, 0.1) is 19.8 Å². The molecule has 29 heavy (non-hydrogen) atoms. The molecule has 0 saturated heterocycles. The Balaban J connectivity index is 1.86. The Morgan fingerprint density at radius 1 is 0.897 bits per heavy atom. The van der Waals surface area contributed by atoms with Gasteiger partial charge in [0.2, 0.25) is 5.89 Å². The smallest absolute Gasteiger partial charge is 0.231 e. The molecule has 5 heteroatoms. The number of methoxy groups -OCH3 is 2. The molecule has 4 aromatic rings. The maximum absolute atomic E-state index is 13.3. The fraction of sp³-hybridized carbons (Fsp3) is 0.0833. The topological polar surface area (TPSA) is 61.6 Å². The molecule has 144 valence electrons. The molecule has 1 aromatic heterocycles. The molecule has 0 spiro atoms. The van der Waals surface area contributed by atoms with Crippen molar-refractivity contribution in [1.29, 1.82) is 0 Å². The van der Waals surface area contributed by atoms with Crippen molar-refractivity contribution in [2.75, 3.05) is 14.2 Å². The number of ether oxygens (including phenoxy) is 2. The van der Waals surface area contributed by atoms with Crippen LogP contribution < -0.4 is 9.47 Å². The largest absolute Gasteiger partial charge is 0.493 e. The van der Waals surface area contributed by atoms with Crippen LogP contribution in [-0.2, 0) is 0 Å². The lowest BCUT2D eigenvalue weighted by molar-refractivity contribution is 0.105. The second-order valence-electron chi connectivity index (χ2n) is 6.35. The Morgan fingerprint density at radius 3 is 2.34 bits per heavy atom. The van der Waals surface area contributed by atoms with E-state index in [0.717, 1.165) is 5.56 Å². The van der Waals surface area contributed by atoms with Gasteiger partial charge in [-0.05, 0) is 35.9 Å². The van der Waals surface area contributed by atoms with Crippen LogP contribution in [0.4, 0.5) is 0 Å². The van der Waals surface area contributed by atoms with Gasteiger partial charge in [0.25, 0.3) is 0 Å². The average molecular weight is 385 g/mol. The molecule has 0 fully saturated rings. The minimum Gasteiger partial charge on any atom is -0.493 e. The zero-order valence-corrected chi connectivity index (χ0v) is 16.1. The van der Waals surface area contributed by atoms with E-state index in [1.165, 1.54) is 0 Å². The van der Waals surface area contributed by atoms with Crippen LogP contribution in [0.2, 0.25) is 0 Å². The first-order valence-corrected chi connectivity index (χ1v) is 9.09. The molecule has 0 amide bonds. The van der Waals surface area contributed by atoms with Gasteiger partial charge < -0.3 is 13.9 Å². The van der Waals surface area contributed by atoms with Gasteiger partial charge in [0.1, 0.15) is 5.52 Å². The molecule has 1 heterocycles. The van der Waals surface area contributed by atoms with E-state index >= 15 is 0 Å². The monoisotopic (exact) mass is 385 g/mol. The fourth-order valence-electron chi connectivity index (χ4n) is 3.07. The van der Waals surface area contributed by atoms with Crippen molar-refractivity contribution >= 4 is 28.5 Å². The first kappa shape index (κ1) is 18.5. The molecule has 0 aliphatic rings. The summed E-state index contributed by atoms with van der Waals surface area (Å²) in [5, 5.41) is 0. The summed E-state index contributed by atoms with van der Waals surface area (Å²) in [5.41, 5.74) is 3.01. The predicted octanol–water partition coefficient (Wildman–Crippen LogP) is 5.27. The third-order valence-electron chi connectivity index (χ3n) is 4.52. The van der Waals surface area contributed by atoms with Crippen molar-refractivity contribution in [3.63, 3.8) is 0 Å². The number of ketones is 1. The SMILES string of the molecule is COc1ccc(/C=C(/C(=O)c2ccccc2)c2nc3ccccc3o2)cc1OC. The van der Waals surface area contributed by atoms with Crippen LogP contribution in [0.1, 0.15) is 21.8 Å². The quantitative estimate of drug-likeness (QED) is 0.334. The highest BCUT2D eigenvalue weighted by Gasteiger charge is 2.20. The molecule has 0 atom stereocenters. The standard InChI is InChI=1S/C24H19NO4/c1-27-21-13-12-16(15-22(21)28-2)14-18(23(26)17-8-4-3-5-9-17)24-25-19-10-6-7-11-20(19)29-24/h3-15H,1-2H3/b18-14-. The number of rotatable bonds is 6. The Bertz CT molecular complexity index is 1160. The number of benzene rings is 3. The highest BCUT2D eigenvalue weighted by atomic mass is 16.5. The summed E-state index contributed by atoms with van der Waals surface area (Å²) >= 11 is 0. The molecule has 3 aromatic carbocycles. The number of nitrogens with zero attached hydrogens (tertiary/aromatic N) is 1. The summed E-state index contributed by atoms with van der Waals surface area (Å²) < 4.78 is 16.6. The summed E-state index contributed by atoms with van der Waals surface area (Å²) in [5.74, 6) is 1.29. The minimum absolute atomic E-state index is 0.174. The molecular formula is C24H19NO4. The van der Waals surface area contributed by atoms with Gasteiger partial charge in [-0.25, -0.2) is 4.98 Å². The number of carbonyl (C=O) groups excluding carboxylic acids is 1. The number of carbonyl (C=O) groups is 1. The number of oxazole rings is 1. The molecule has 0 aliphatic heterocycles. The maximum atomic E-state index is 13.3. The van der Waals surface area contributed by atoms with E-state index in [0.29, 0.717) is 33.7 Å². The van der Waals surface area contributed by atoms with Crippen molar-refractivity contribution in [2.45, 2.75) is 0 Å². The summed E-state index contributed by atoms with van der Waals surface area (Å²) in [4.78, 5) is 17.8. The molecule has 0 radical (unpaired) electrons. The fourth-order valence-corrected chi connectivity index (χ4v) is 3.07. The van der Waals surface area contributed by atoms with E-state index in [-0.39, 0.29) is 11.7 Å². The van der Waals surface area contributed by atoms with Crippen LogP contribution >= 0.6 is 0 Å². The Kier molecular flexibility index (Phi) is 5.12. The van der Waals surface area contributed by atoms with Gasteiger partial charge in [-0.2, -0.15) is 0 Å². The lowest BCUT2D eigenvalue weighted by Gasteiger charge is -2.09. The van der Waals surface area contributed by atoms with Crippen LogP contribution in [0, 0.1) is 0 Å². The lowest BCUT2D eigenvalue weighted by Crippen LogP contribution is -2.03. The lowest BCUT2D eigenvalue weighted by atomic mass is 10.0. The first-order valence-electron chi connectivity index (χ1n) is 9.09. The molecule has 0 N–H and O–H groups in total. The first-order chi connectivity index (χ1) is 14.2. The van der Waals surface area contributed by atoms with E-state index in [4.69, 9.17) is 13.9 Å². The predicted molar refractivity (Wildman–Crippen MR) is 112 cm³/mol. The van der Waals surface area contributed by atoms with Crippen molar-refractivity contribution in [3.05, 3.63) is 89.8 Å². The van der Waals surface area contributed by atoms with E-state index in [9.17, 15) is 4.79 Å². The zero-order valence-electron chi connectivity index (χ0n) is 16.1. The number of para-hydroxylation sites is 2. The van der Waals surface area contributed by atoms with Gasteiger partial charge >= 0.3 is 0 Å². The number of hydrogen-bond acceptors (Lipinski definition) is 5. The van der Waals surface area contributed by atoms with Gasteiger partial charge in [-0.15, -0.1) is 0 Å². The number of aromatic nitrogens is 1. The summed E-state index contributed by atoms with van der Waals surface area (Å²) in [6.45, 7) is 0. The molecule has 5 nitrogen and oxygen atoms in total. The summed E-state index contributed by atoms with van der Waals surface area (Å²) in [6.07, 6.45) is 1.75. The van der Waals surface area contributed by atoms with Crippen molar-refractivity contribution in [1.82, 2.24) is 4.98 Å². The van der Waals surface area contributed by atoms with Crippen LogP contribution in [0.25, 0.3) is 22.7 Å². The minimum atomic E-state index is -0.174. The van der Waals surface area contributed by atoms with Gasteiger partial charge in [0.15, 0.2) is 22.9 Å². The van der Waals surface area contributed by atoms with Crippen molar-refractivity contribution < 1.29 is 18.7 Å². The molecule has 4 rings (SSSR count).